The molecule has 0 rings (SSSR count). The third-order valence-corrected chi connectivity index (χ3v) is 1.23. The molecule has 3 N–H and O–H groups in total. The first-order chi connectivity index (χ1) is 6.76. The molecular formula is C9H17N3O3. The number of primary amides is 1. The summed E-state index contributed by atoms with van der Waals surface area (Å²) in [7, 11) is 0. The van der Waals surface area contributed by atoms with E-state index in [2.05, 4.69) is 5.10 Å². The number of carbonyl (C=O) groups is 2. The van der Waals surface area contributed by atoms with Gasteiger partial charge >= 0.3 is 6.03 Å². The maximum atomic E-state index is 11.4. The van der Waals surface area contributed by atoms with Gasteiger partial charge < -0.3 is 10.5 Å². The van der Waals surface area contributed by atoms with Gasteiger partial charge in [0.2, 0.25) is 5.78 Å². The Morgan fingerprint density at radius 3 is 2.27 bits per heavy atom. The molecule has 86 valence electrons. The van der Waals surface area contributed by atoms with E-state index in [0.29, 0.717) is 0 Å². The third kappa shape index (κ3) is 6.48. The Labute approximate surface area is 88.9 Å². The van der Waals surface area contributed by atoms with Crippen LogP contribution in [0.15, 0.2) is 5.10 Å². The van der Waals surface area contributed by atoms with Gasteiger partial charge in [0.15, 0.2) is 0 Å². The number of hydrazone groups is 1. The lowest BCUT2D eigenvalue weighted by Crippen LogP contribution is -2.33. The molecule has 0 bridgehead atoms. The summed E-state index contributed by atoms with van der Waals surface area (Å²) in [6, 6.07) is -0.839. The van der Waals surface area contributed by atoms with E-state index >= 15 is 0 Å². The van der Waals surface area contributed by atoms with Gasteiger partial charge in [-0.1, -0.05) is 6.92 Å². The standard InChI is InChI=1S/C9H17N3O3/c1-5-6(13)7(11-12-8(10)14)15-9(2,3)4/h5H2,1-4H3,(H3,10,12,14). The van der Waals surface area contributed by atoms with Crippen LogP contribution < -0.4 is 11.2 Å². The molecule has 0 atom stereocenters. The van der Waals surface area contributed by atoms with Gasteiger partial charge in [0, 0.05) is 6.42 Å². The highest BCUT2D eigenvalue weighted by Gasteiger charge is 2.20. The molecule has 0 saturated carbocycles. The summed E-state index contributed by atoms with van der Waals surface area (Å²) in [6.45, 7) is 7.00. The lowest BCUT2D eigenvalue weighted by Gasteiger charge is -2.21. The monoisotopic (exact) mass is 215 g/mol. The van der Waals surface area contributed by atoms with E-state index < -0.39 is 11.6 Å². The van der Waals surface area contributed by atoms with Crippen LogP contribution in [0.5, 0.6) is 0 Å². The van der Waals surface area contributed by atoms with Gasteiger partial charge in [0.05, 0.1) is 0 Å². The molecule has 2 amide bonds. The fraction of sp³-hybridized carbons (Fsp3) is 0.667. The van der Waals surface area contributed by atoms with E-state index in [0.717, 1.165) is 0 Å². The molecule has 0 radical (unpaired) electrons. The number of carbonyl (C=O) groups excluding carboxylic acids is 2. The molecule has 0 heterocycles. The van der Waals surface area contributed by atoms with Crippen LogP contribution in [0.2, 0.25) is 0 Å². The number of hydrogen-bond donors (Lipinski definition) is 2. The maximum absolute atomic E-state index is 11.4. The number of ketones is 1. The predicted octanol–water partition coefficient (Wildman–Crippen LogP) is 0.762. The number of amides is 2. The average Bonchev–Trinajstić information content (AvgIpc) is 2.08. The van der Waals surface area contributed by atoms with E-state index in [-0.39, 0.29) is 18.1 Å². The summed E-state index contributed by atoms with van der Waals surface area (Å²) < 4.78 is 5.27. The summed E-state index contributed by atoms with van der Waals surface area (Å²) in [6.07, 6.45) is 0.245. The smallest absolute Gasteiger partial charge is 0.332 e. The van der Waals surface area contributed by atoms with Gasteiger partial charge in [-0.15, -0.1) is 5.10 Å². The molecular weight excluding hydrogens is 198 g/mol. The molecule has 0 saturated heterocycles. The Morgan fingerprint density at radius 1 is 1.40 bits per heavy atom. The quantitative estimate of drug-likeness (QED) is 0.413. The largest absolute Gasteiger partial charge is 0.468 e. The Kier molecular flexibility index (Phi) is 4.77. The van der Waals surface area contributed by atoms with Crippen molar-refractivity contribution >= 4 is 17.7 Å². The lowest BCUT2D eigenvalue weighted by atomic mass is 10.2. The van der Waals surface area contributed by atoms with Crippen molar-refractivity contribution in [2.24, 2.45) is 10.8 Å². The second-order valence-electron chi connectivity index (χ2n) is 3.88. The molecule has 15 heavy (non-hydrogen) atoms. The molecule has 0 aromatic rings. The predicted molar refractivity (Wildman–Crippen MR) is 56.3 cm³/mol. The molecule has 6 heteroatoms. The number of ether oxygens (including phenoxy) is 1. The van der Waals surface area contributed by atoms with Crippen LogP contribution in [0.4, 0.5) is 4.79 Å². The minimum atomic E-state index is -0.839. The molecule has 0 fully saturated rings. The molecule has 0 aliphatic carbocycles. The normalized spacial score (nSPS) is 12.1. The number of urea groups is 1. The van der Waals surface area contributed by atoms with Crippen LogP contribution in [0.3, 0.4) is 0 Å². The number of rotatable bonds is 3. The van der Waals surface area contributed by atoms with Gasteiger partial charge in [-0.25, -0.2) is 10.2 Å². The summed E-state index contributed by atoms with van der Waals surface area (Å²) in [4.78, 5) is 21.8. The molecule has 0 spiro atoms. The highest BCUT2D eigenvalue weighted by molar-refractivity contribution is 6.36. The molecule has 0 aliphatic rings. The number of Topliss-reactive ketones (excluding diaryl/α,β-unsaturated/α-hetero) is 1. The molecule has 0 aromatic carbocycles. The van der Waals surface area contributed by atoms with Gasteiger partial charge in [-0.05, 0) is 20.8 Å². The first-order valence-corrected chi connectivity index (χ1v) is 4.61. The number of nitrogens with one attached hydrogen (secondary N) is 1. The van der Waals surface area contributed by atoms with Gasteiger partial charge in [-0.3, -0.25) is 4.79 Å². The van der Waals surface area contributed by atoms with Crippen molar-refractivity contribution < 1.29 is 14.3 Å². The van der Waals surface area contributed by atoms with E-state index in [4.69, 9.17) is 10.5 Å². The van der Waals surface area contributed by atoms with Gasteiger partial charge in [0.1, 0.15) is 5.60 Å². The highest BCUT2D eigenvalue weighted by atomic mass is 16.5. The average molecular weight is 215 g/mol. The van der Waals surface area contributed by atoms with Crippen LogP contribution in [0, 0.1) is 0 Å². The van der Waals surface area contributed by atoms with Gasteiger partial charge in [-0.2, -0.15) is 0 Å². The summed E-state index contributed by atoms with van der Waals surface area (Å²) in [5, 5.41) is 3.50. The van der Waals surface area contributed by atoms with Crippen molar-refractivity contribution in [2.75, 3.05) is 0 Å². The Hall–Kier alpha value is -1.59. The fourth-order valence-corrected chi connectivity index (χ4v) is 0.689. The fourth-order valence-electron chi connectivity index (χ4n) is 0.689. The zero-order chi connectivity index (χ0) is 12.1. The van der Waals surface area contributed by atoms with Crippen LogP contribution >= 0.6 is 0 Å². The first-order valence-electron chi connectivity index (χ1n) is 4.61. The summed E-state index contributed by atoms with van der Waals surface area (Å²) >= 11 is 0. The van der Waals surface area contributed by atoms with E-state index in [1.807, 2.05) is 5.43 Å². The summed E-state index contributed by atoms with van der Waals surface area (Å²) in [5.74, 6) is -0.428. The van der Waals surface area contributed by atoms with Crippen molar-refractivity contribution in [2.45, 2.75) is 39.7 Å². The topological polar surface area (TPSA) is 93.8 Å². The molecule has 6 nitrogen and oxygen atoms in total. The van der Waals surface area contributed by atoms with Crippen LogP contribution in [0.25, 0.3) is 0 Å². The number of hydrogen-bond acceptors (Lipinski definition) is 4. The second-order valence-corrected chi connectivity index (χ2v) is 3.88. The molecule has 0 unspecified atom stereocenters. The number of nitrogens with two attached hydrogens (primary N) is 1. The second kappa shape index (κ2) is 5.33. The minimum Gasteiger partial charge on any atom is -0.468 e. The maximum Gasteiger partial charge on any atom is 0.332 e. The van der Waals surface area contributed by atoms with Crippen molar-refractivity contribution in [3.05, 3.63) is 0 Å². The molecule has 0 aromatic heterocycles. The van der Waals surface area contributed by atoms with Crippen LogP contribution in [-0.4, -0.2) is 23.3 Å². The van der Waals surface area contributed by atoms with Crippen molar-refractivity contribution in [1.29, 1.82) is 0 Å². The Balaban J connectivity index is 4.66. The zero-order valence-electron chi connectivity index (χ0n) is 9.46. The van der Waals surface area contributed by atoms with E-state index in [9.17, 15) is 9.59 Å². The lowest BCUT2D eigenvalue weighted by molar-refractivity contribution is -0.114. The minimum absolute atomic E-state index is 0.135. The van der Waals surface area contributed by atoms with Crippen molar-refractivity contribution in [1.82, 2.24) is 5.43 Å². The van der Waals surface area contributed by atoms with Gasteiger partial charge in [0.25, 0.3) is 5.90 Å². The van der Waals surface area contributed by atoms with Crippen molar-refractivity contribution in [3.8, 4) is 0 Å². The highest BCUT2D eigenvalue weighted by Crippen LogP contribution is 2.08. The van der Waals surface area contributed by atoms with Crippen molar-refractivity contribution in [3.63, 3.8) is 0 Å². The SMILES string of the molecule is CCC(=O)C(=NNC(N)=O)OC(C)(C)C. The zero-order valence-corrected chi connectivity index (χ0v) is 9.46. The van der Waals surface area contributed by atoms with E-state index in [1.54, 1.807) is 27.7 Å². The Bertz CT molecular complexity index is 279. The van der Waals surface area contributed by atoms with E-state index in [1.165, 1.54) is 0 Å². The summed E-state index contributed by atoms with van der Waals surface area (Å²) in [5.41, 5.74) is 6.23. The number of nitrogens with zero attached hydrogens (tertiary/aromatic N) is 1. The molecule has 0 aliphatic heterocycles. The van der Waals surface area contributed by atoms with Crippen LogP contribution in [0.1, 0.15) is 34.1 Å². The third-order valence-electron chi connectivity index (χ3n) is 1.23. The first kappa shape index (κ1) is 13.4. The Morgan fingerprint density at radius 2 is 1.93 bits per heavy atom. The van der Waals surface area contributed by atoms with Crippen LogP contribution in [-0.2, 0) is 9.53 Å².